The molecule has 0 aromatic heterocycles. The van der Waals surface area contributed by atoms with Gasteiger partial charge in [-0.1, -0.05) is 41.4 Å². The van der Waals surface area contributed by atoms with E-state index in [4.69, 9.17) is 23.2 Å². The van der Waals surface area contributed by atoms with Crippen LogP contribution in [-0.4, -0.2) is 10.5 Å². The standard InChI is InChI=1S/C18H19Cl2NOS/c1-23(22)15-7-2-12(3-8-15)11-21-18(13-4-5-13)14-6-9-16(19)17(20)10-14/h2-3,6-10,13,18,21H,4-5,11H2,1H3/t18-,23-/m0/s1. The van der Waals surface area contributed by atoms with Gasteiger partial charge in [-0.15, -0.1) is 0 Å². The molecule has 5 heteroatoms. The van der Waals surface area contributed by atoms with Crippen LogP contribution in [0.2, 0.25) is 10.0 Å². The smallest absolute Gasteiger partial charge is 0.0595 e. The highest BCUT2D eigenvalue weighted by Gasteiger charge is 2.32. The summed E-state index contributed by atoms with van der Waals surface area (Å²) in [5, 5.41) is 4.83. The minimum Gasteiger partial charge on any atom is -0.306 e. The summed E-state index contributed by atoms with van der Waals surface area (Å²) in [6, 6.07) is 14.1. The van der Waals surface area contributed by atoms with Crippen LogP contribution in [0.5, 0.6) is 0 Å². The normalized spacial score (nSPS) is 17.0. The Kier molecular flexibility index (Phi) is 5.42. The van der Waals surface area contributed by atoms with Crippen molar-refractivity contribution in [3.63, 3.8) is 0 Å². The van der Waals surface area contributed by atoms with Gasteiger partial charge in [0, 0.05) is 34.5 Å². The Morgan fingerprint density at radius 2 is 1.83 bits per heavy atom. The van der Waals surface area contributed by atoms with Crippen molar-refractivity contribution in [1.29, 1.82) is 0 Å². The Morgan fingerprint density at radius 1 is 1.13 bits per heavy atom. The minimum absolute atomic E-state index is 0.296. The Balaban J connectivity index is 1.70. The quantitative estimate of drug-likeness (QED) is 0.780. The van der Waals surface area contributed by atoms with Crippen molar-refractivity contribution in [3.05, 3.63) is 63.6 Å². The van der Waals surface area contributed by atoms with Gasteiger partial charge in [0.25, 0.3) is 0 Å². The molecule has 0 saturated heterocycles. The SMILES string of the molecule is C[S@](=O)c1ccc(CN[C@H](c2ccc(Cl)c(Cl)c2)C2CC2)cc1. The number of hydrogen-bond donors (Lipinski definition) is 1. The number of halogens is 2. The summed E-state index contributed by atoms with van der Waals surface area (Å²) in [7, 11) is -0.929. The lowest BCUT2D eigenvalue weighted by Gasteiger charge is -2.19. The van der Waals surface area contributed by atoms with Gasteiger partial charge in [0.15, 0.2) is 0 Å². The molecule has 0 bridgehead atoms. The maximum Gasteiger partial charge on any atom is 0.0595 e. The fourth-order valence-corrected chi connectivity index (χ4v) is 3.54. The van der Waals surface area contributed by atoms with E-state index in [-0.39, 0.29) is 0 Å². The molecule has 3 rings (SSSR count). The predicted molar refractivity (Wildman–Crippen MR) is 97.5 cm³/mol. The number of nitrogens with one attached hydrogen (secondary N) is 1. The Labute approximate surface area is 149 Å². The second-order valence-electron chi connectivity index (χ2n) is 5.97. The molecule has 2 aromatic rings. The average molecular weight is 368 g/mol. The number of rotatable bonds is 6. The molecule has 0 unspecified atom stereocenters. The lowest BCUT2D eigenvalue weighted by molar-refractivity contribution is 0.480. The molecule has 1 saturated carbocycles. The molecule has 2 aromatic carbocycles. The van der Waals surface area contributed by atoms with Gasteiger partial charge >= 0.3 is 0 Å². The molecule has 1 aliphatic rings. The first kappa shape index (κ1) is 17.0. The van der Waals surface area contributed by atoms with E-state index in [9.17, 15) is 4.21 Å². The summed E-state index contributed by atoms with van der Waals surface area (Å²) in [4.78, 5) is 0.858. The first-order valence-electron chi connectivity index (χ1n) is 7.65. The largest absolute Gasteiger partial charge is 0.306 e. The van der Waals surface area contributed by atoms with E-state index in [0.29, 0.717) is 22.0 Å². The second kappa shape index (κ2) is 7.35. The van der Waals surface area contributed by atoms with Crippen molar-refractivity contribution in [2.45, 2.75) is 30.3 Å². The third-order valence-corrected chi connectivity index (χ3v) is 5.85. The van der Waals surface area contributed by atoms with Crippen LogP contribution in [0.1, 0.15) is 30.0 Å². The van der Waals surface area contributed by atoms with Crippen LogP contribution in [0.25, 0.3) is 0 Å². The molecule has 1 N–H and O–H groups in total. The highest BCUT2D eigenvalue weighted by Crippen LogP contribution is 2.42. The third kappa shape index (κ3) is 4.36. The van der Waals surface area contributed by atoms with E-state index in [1.165, 1.54) is 24.0 Å². The summed E-state index contributed by atoms with van der Waals surface area (Å²) < 4.78 is 11.4. The zero-order valence-corrected chi connectivity index (χ0v) is 15.2. The van der Waals surface area contributed by atoms with Crippen LogP contribution in [-0.2, 0) is 17.3 Å². The minimum atomic E-state index is -0.929. The van der Waals surface area contributed by atoms with Crippen molar-refractivity contribution >= 4 is 34.0 Å². The molecule has 0 heterocycles. The van der Waals surface area contributed by atoms with E-state index in [0.717, 1.165) is 11.4 Å². The molecule has 1 fully saturated rings. The zero-order chi connectivity index (χ0) is 16.4. The van der Waals surface area contributed by atoms with Crippen LogP contribution >= 0.6 is 23.2 Å². The Bertz CT molecular complexity index is 713. The maximum absolute atomic E-state index is 11.4. The molecule has 122 valence electrons. The lowest BCUT2D eigenvalue weighted by atomic mass is 10.0. The molecular formula is C18H19Cl2NOS. The molecule has 0 radical (unpaired) electrons. The van der Waals surface area contributed by atoms with Crippen LogP contribution in [0, 0.1) is 5.92 Å². The maximum atomic E-state index is 11.4. The molecule has 1 aliphatic carbocycles. The van der Waals surface area contributed by atoms with E-state index < -0.39 is 10.8 Å². The fraction of sp³-hybridized carbons (Fsp3) is 0.333. The van der Waals surface area contributed by atoms with Gasteiger partial charge < -0.3 is 5.32 Å². The fourth-order valence-electron chi connectivity index (χ4n) is 2.72. The topological polar surface area (TPSA) is 29.1 Å². The van der Waals surface area contributed by atoms with Crippen LogP contribution in [0.4, 0.5) is 0 Å². The zero-order valence-electron chi connectivity index (χ0n) is 12.9. The first-order chi connectivity index (χ1) is 11.0. The molecular weight excluding hydrogens is 349 g/mol. The van der Waals surface area contributed by atoms with E-state index in [2.05, 4.69) is 5.32 Å². The van der Waals surface area contributed by atoms with Crippen LogP contribution < -0.4 is 5.32 Å². The lowest BCUT2D eigenvalue weighted by Crippen LogP contribution is -2.22. The van der Waals surface area contributed by atoms with Crippen molar-refractivity contribution in [1.82, 2.24) is 5.32 Å². The first-order valence-corrected chi connectivity index (χ1v) is 9.96. The Hall–Kier alpha value is -0.870. The van der Waals surface area contributed by atoms with E-state index >= 15 is 0 Å². The van der Waals surface area contributed by atoms with Crippen LogP contribution in [0.3, 0.4) is 0 Å². The summed E-state index contributed by atoms with van der Waals surface area (Å²) >= 11 is 12.2. The van der Waals surface area contributed by atoms with Gasteiger partial charge in [-0.25, -0.2) is 0 Å². The molecule has 2 atom stereocenters. The van der Waals surface area contributed by atoms with Crippen molar-refractivity contribution in [3.8, 4) is 0 Å². The van der Waals surface area contributed by atoms with Gasteiger partial charge in [0.1, 0.15) is 0 Å². The average Bonchev–Trinajstić information content (AvgIpc) is 3.36. The highest BCUT2D eigenvalue weighted by molar-refractivity contribution is 7.84. The van der Waals surface area contributed by atoms with Gasteiger partial charge in [0.2, 0.25) is 0 Å². The molecule has 0 amide bonds. The monoisotopic (exact) mass is 367 g/mol. The third-order valence-electron chi connectivity index (χ3n) is 4.18. The van der Waals surface area contributed by atoms with Gasteiger partial charge in [-0.2, -0.15) is 0 Å². The highest BCUT2D eigenvalue weighted by atomic mass is 35.5. The summed E-state index contributed by atoms with van der Waals surface area (Å²) in [5.41, 5.74) is 2.37. The van der Waals surface area contributed by atoms with Gasteiger partial charge in [-0.3, -0.25) is 4.21 Å². The molecule has 23 heavy (non-hydrogen) atoms. The number of hydrogen-bond acceptors (Lipinski definition) is 2. The second-order valence-corrected chi connectivity index (χ2v) is 8.16. The molecule has 2 nitrogen and oxygen atoms in total. The summed E-state index contributed by atoms with van der Waals surface area (Å²) in [6.07, 6.45) is 4.18. The van der Waals surface area contributed by atoms with E-state index in [1.807, 2.05) is 42.5 Å². The summed E-state index contributed by atoms with van der Waals surface area (Å²) in [5.74, 6) is 0.662. The van der Waals surface area contributed by atoms with Crippen LogP contribution in [0.15, 0.2) is 47.4 Å². The molecule has 0 spiro atoms. The van der Waals surface area contributed by atoms with Gasteiger partial charge in [0.05, 0.1) is 10.0 Å². The summed E-state index contributed by atoms with van der Waals surface area (Å²) in [6.45, 7) is 0.776. The van der Waals surface area contributed by atoms with Crippen molar-refractivity contribution in [2.24, 2.45) is 5.92 Å². The van der Waals surface area contributed by atoms with E-state index in [1.54, 1.807) is 6.26 Å². The Morgan fingerprint density at radius 3 is 2.39 bits per heavy atom. The predicted octanol–water partition coefficient (Wildman–Crippen LogP) is 4.97. The van der Waals surface area contributed by atoms with Crippen molar-refractivity contribution in [2.75, 3.05) is 6.26 Å². The van der Waals surface area contributed by atoms with Gasteiger partial charge in [-0.05, 0) is 54.2 Å². The number of benzene rings is 2. The molecule has 0 aliphatic heterocycles. The van der Waals surface area contributed by atoms with Crippen molar-refractivity contribution < 1.29 is 4.21 Å².